The smallest absolute Gasteiger partial charge is 0.412 e. The van der Waals surface area contributed by atoms with Crippen LogP contribution in [0.1, 0.15) is 94.1 Å². The molecule has 2 aliphatic rings. The quantitative estimate of drug-likeness (QED) is 0.169. The summed E-state index contributed by atoms with van der Waals surface area (Å²) in [4.78, 5) is 32.0. The van der Waals surface area contributed by atoms with Crippen molar-refractivity contribution in [2.75, 3.05) is 60.3 Å². The van der Waals surface area contributed by atoms with Crippen LogP contribution in [0.5, 0.6) is 11.5 Å². The molecule has 2 aliphatic heterocycles. The molecule has 3 rings (SSSR count). The average Bonchev–Trinajstić information content (AvgIpc) is 3.29. The maximum absolute atomic E-state index is 14.0. The predicted molar refractivity (Wildman–Crippen MR) is 200 cm³/mol. The van der Waals surface area contributed by atoms with Crippen LogP contribution in [0.4, 0.5) is 4.79 Å². The number of morpholine rings is 1. The molecule has 0 aliphatic carbocycles. The number of methoxy groups -OCH3 is 2. The van der Waals surface area contributed by atoms with Gasteiger partial charge in [-0.2, -0.15) is 0 Å². The van der Waals surface area contributed by atoms with Crippen molar-refractivity contribution in [1.82, 2.24) is 15.1 Å². The Hall–Kier alpha value is -2.60. The molecular formula is C40H69N3O8. The summed E-state index contributed by atoms with van der Waals surface area (Å²) in [5.41, 5.74) is -0.472. The number of amides is 2. The number of hydrogen-bond acceptors (Lipinski definition) is 9. The van der Waals surface area contributed by atoms with E-state index in [0.717, 1.165) is 51.3 Å². The summed E-state index contributed by atoms with van der Waals surface area (Å²) in [7, 11) is 3.33. The largest absolute Gasteiger partial charge is 0.493 e. The van der Waals surface area contributed by atoms with E-state index in [1.807, 2.05) is 40.7 Å². The minimum absolute atomic E-state index is 0.00415. The van der Waals surface area contributed by atoms with E-state index in [-0.39, 0.29) is 41.8 Å². The van der Waals surface area contributed by atoms with Crippen molar-refractivity contribution in [2.24, 2.45) is 23.7 Å². The SMILES string of the molecule is COCCCOc1cc(C[C@@H](C[C@H]2[C@H](C[C@H](C(=O)NC(C)CN3CCOCC3)C(C)C)OC(C)(C)N2C(=O)OC(C)(C)C)C(C)C)ccc1OC. The fourth-order valence-corrected chi connectivity index (χ4v) is 7.25. The van der Waals surface area contributed by atoms with E-state index in [1.54, 1.807) is 19.1 Å². The topological polar surface area (TPSA) is 108 Å². The fourth-order valence-electron chi connectivity index (χ4n) is 7.25. The highest BCUT2D eigenvalue weighted by molar-refractivity contribution is 5.79. The summed E-state index contributed by atoms with van der Waals surface area (Å²) in [6.07, 6.45) is 1.96. The lowest BCUT2D eigenvalue weighted by molar-refractivity contribution is -0.130. The maximum atomic E-state index is 14.0. The number of nitrogens with one attached hydrogen (secondary N) is 1. The number of carbonyl (C=O) groups excluding carboxylic acids is 2. The maximum Gasteiger partial charge on any atom is 0.412 e. The monoisotopic (exact) mass is 720 g/mol. The van der Waals surface area contributed by atoms with Crippen LogP contribution >= 0.6 is 0 Å². The molecule has 2 saturated heterocycles. The second kappa shape index (κ2) is 19.5. The zero-order valence-corrected chi connectivity index (χ0v) is 33.7. The molecule has 51 heavy (non-hydrogen) atoms. The lowest BCUT2D eigenvalue weighted by Crippen LogP contribution is -2.51. The molecule has 1 aromatic carbocycles. The van der Waals surface area contributed by atoms with E-state index in [9.17, 15) is 9.59 Å². The van der Waals surface area contributed by atoms with Gasteiger partial charge in [0.2, 0.25) is 5.91 Å². The standard InChI is InChI=1S/C40H69N3O8/c1-27(2)31(22-30-14-15-34(47-12)36(23-30)49-19-13-18-46-11)24-33-35(50-40(9,10)43(33)38(45)51-39(6,7)8)25-32(28(3)4)37(44)41-29(5)26-42-16-20-48-21-17-42/h14-15,23,27-29,31-33,35H,13,16-22,24-26H2,1-12H3,(H,41,44)/t29?,31-,32-,33-,35-/m0/s1. The predicted octanol–water partition coefficient (Wildman–Crippen LogP) is 6.56. The van der Waals surface area contributed by atoms with Gasteiger partial charge in [0.1, 0.15) is 11.3 Å². The molecule has 5 atom stereocenters. The second-order valence-corrected chi connectivity index (χ2v) is 16.6. The Morgan fingerprint density at radius 3 is 2.25 bits per heavy atom. The van der Waals surface area contributed by atoms with Crippen molar-refractivity contribution in [2.45, 2.75) is 124 Å². The summed E-state index contributed by atoms with van der Waals surface area (Å²) in [5, 5.41) is 3.30. The van der Waals surface area contributed by atoms with Crippen LogP contribution < -0.4 is 14.8 Å². The van der Waals surface area contributed by atoms with Gasteiger partial charge < -0.3 is 33.7 Å². The van der Waals surface area contributed by atoms with Gasteiger partial charge >= 0.3 is 6.09 Å². The molecule has 2 fully saturated rings. The van der Waals surface area contributed by atoms with Crippen molar-refractivity contribution >= 4 is 12.0 Å². The van der Waals surface area contributed by atoms with E-state index >= 15 is 0 Å². The van der Waals surface area contributed by atoms with Crippen molar-refractivity contribution in [3.8, 4) is 11.5 Å². The van der Waals surface area contributed by atoms with Gasteiger partial charge in [-0.1, -0.05) is 33.8 Å². The van der Waals surface area contributed by atoms with Crippen molar-refractivity contribution in [3.63, 3.8) is 0 Å². The first-order valence-corrected chi connectivity index (χ1v) is 19.0. The van der Waals surface area contributed by atoms with Crippen molar-refractivity contribution in [3.05, 3.63) is 23.8 Å². The third-order valence-corrected chi connectivity index (χ3v) is 9.99. The number of carbonyl (C=O) groups is 2. The van der Waals surface area contributed by atoms with Gasteiger partial charge in [-0.05, 0) is 96.3 Å². The summed E-state index contributed by atoms with van der Waals surface area (Å²) in [6.45, 7) is 25.3. The van der Waals surface area contributed by atoms with Crippen molar-refractivity contribution in [1.29, 1.82) is 0 Å². The van der Waals surface area contributed by atoms with Gasteiger partial charge in [0, 0.05) is 51.7 Å². The normalized spacial score (nSPS) is 21.4. The number of nitrogens with zero attached hydrogens (tertiary/aromatic N) is 2. The number of rotatable bonds is 18. The third-order valence-electron chi connectivity index (χ3n) is 9.99. The Labute approximate surface area is 308 Å². The van der Waals surface area contributed by atoms with E-state index in [4.69, 9.17) is 28.4 Å². The fraction of sp³-hybridized carbons (Fsp3) is 0.800. The van der Waals surface area contributed by atoms with Crippen LogP contribution in [0, 0.1) is 23.7 Å². The summed E-state index contributed by atoms with van der Waals surface area (Å²) in [6, 6.07) is 5.81. The Morgan fingerprint density at radius 1 is 0.980 bits per heavy atom. The zero-order chi connectivity index (χ0) is 37.9. The first kappa shape index (κ1) is 42.8. The average molecular weight is 720 g/mol. The molecule has 0 spiro atoms. The lowest BCUT2D eigenvalue weighted by atomic mass is 9.80. The highest BCUT2D eigenvalue weighted by Gasteiger charge is 2.52. The minimum Gasteiger partial charge on any atom is -0.493 e. The molecule has 0 radical (unpaired) electrons. The molecule has 1 unspecified atom stereocenters. The molecule has 1 N–H and O–H groups in total. The number of benzene rings is 1. The second-order valence-electron chi connectivity index (χ2n) is 16.6. The van der Waals surface area contributed by atoms with Gasteiger partial charge in [-0.3, -0.25) is 14.6 Å². The van der Waals surface area contributed by atoms with E-state index in [1.165, 1.54) is 0 Å². The van der Waals surface area contributed by atoms with E-state index in [2.05, 4.69) is 57.0 Å². The van der Waals surface area contributed by atoms with E-state index in [0.29, 0.717) is 43.5 Å². The Balaban J connectivity index is 1.89. The molecule has 2 amide bonds. The minimum atomic E-state index is -0.926. The van der Waals surface area contributed by atoms with Gasteiger partial charge in [0.25, 0.3) is 0 Å². The highest BCUT2D eigenvalue weighted by atomic mass is 16.6. The Bertz CT molecular complexity index is 1230. The molecule has 292 valence electrons. The third kappa shape index (κ3) is 13.1. The van der Waals surface area contributed by atoms with Crippen LogP contribution in [-0.2, 0) is 30.2 Å². The number of ether oxygens (including phenoxy) is 6. The molecule has 0 saturated carbocycles. The van der Waals surface area contributed by atoms with Crippen LogP contribution in [0.3, 0.4) is 0 Å². The zero-order valence-electron chi connectivity index (χ0n) is 33.7. The van der Waals surface area contributed by atoms with Crippen LogP contribution in [0.25, 0.3) is 0 Å². The Kier molecular flexibility index (Phi) is 16.3. The van der Waals surface area contributed by atoms with Crippen LogP contribution in [0.15, 0.2) is 18.2 Å². The molecule has 1 aromatic rings. The summed E-state index contributed by atoms with van der Waals surface area (Å²) in [5.74, 6) is 1.69. The van der Waals surface area contributed by atoms with Gasteiger partial charge in [0.15, 0.2) is 11.5 Å². The number of hydrogen-bond donors (Lipinski definition) is 1. The Morgan fingerprint density at radius 2 is 1.67 bits per heavy atom. The molecule has 2 heterocycles. The molecule has 0 aromatic heterocycles. The summed E-state index contributed by atoms with van der Waals surface area (Å²) < 4.78 is 35.2. The van der Waals surface area contributed by atoms with Crippen LogP contribution in [-0.4, -0.2) is 112 Å². The highest BCUT2D eigenvalue weighted by Crippen LogP contribution is 2.42. The van der Waals surface area contributed by atoms with E-state index < -0.39 is 17.4 Å². The van der Waals surface area contributed by atoms with Gasteiger partial charge in [0.05, 0.1) is 39.1 Å². The molecule has 0 bridgehead atoms. The summed E-state index contributed by atoms with van der Waals surface area (Å²) >= 11 is 0. The van der Waals surface area contributed by atoms with Gasteiger partial charge in [-0.25, -0.2) is 4.79 Å². The van der Waals surface area contributed by atoms with Crippen molar-refractivity contribution < 1.29 is 38.0 Å². The first-order valence-electron chi connectivity index (χ1n) is 19.0. The van der Waals surface area contributed by atoms with Gasteiger partial charge in [-0.15, -0.1) is 0 Å². The lowest BCUT2D eigenvalue weighted by Gasteiger charge is -2.37. The van der Waals surface area contributed by atoms with Crippen LogP contribution in [0.2, 0.25) is 0 Å². The molecule has 11 heteroatoms. The first-order chi connectivity index (χ1) is 23.9. The molecular weight excluding hydrogens is 650 g/mol. The molecule has 11 nitrogen and oxygen atoms in total.